The van der Waals surface area contributed by atoms with Gasteiger partial charge in [-0.1, -0.05) is 19.4 Å². The Morgan fingerprint density at radius 1 is 1.48 bits per heavy atom. The Balaban J connectivity index is 1.91. The monoisotopic (exact) mass is 316 g/mol. The Hall–Kier alpha value is -2.22. The third-order valence-corrected chi connectivity index (χ3v) is 3.99. The van der Waals surface area contributed by atoms with E-state index in [0.717, 1.165) is 31.2 Å². The van der Waals surface area contributed by atoms with Crippen LogP contribution in [-0.4, -0.2) is 36.8 Å². The quantitative estimate of drug-likeness (QED) is 0.778. The van der Waals surface area contributed by atoms with Crippen molar-refractivity contribution in [2.24, 2.45) is 0 Å². The lowest BCUT2D eigenvalue weighted by molar-refractivity contribution is 0.0581. The summed E-state index contributed by atoms with van der Waals surface area (Å²) < 4.78 is 11.2. The van der Waals surface area contributed by atoms with Gasteiger partial charge in [0.05, 0.1) is 24.8 Å². The SMILES string of the molecule is CCCCOC(=O)N1CCCC(Oc2ccc(C)c(C#N)c2)C1. The summed E-state index contributed by atoms with van der Waals surface area (Å²) in [6.45, 7) is 5.68. The number of hydrogen-bond acceptors (Lipinski definition) is 4. The first kappa shape index (κ1) is 17.1. The maximum Gasteiger partial charge on any atom is 0.409 e. The van der Waals surface area contributed by atoms with Gasteiger partial charge in [0.1, 0.15) is 11.9 Å². The molecule has 124 valence electrons. The molecule has 1 aliphatic heterocycles. The lowest BCUT2D eigenvalue weighted by Gasteiger charge is -2.32. The molecule has 0 N–H and O–H groups in total. The molecule has 23 heavy (non-hydrogen) atoms. The van der Waals surface area contributed by atoms with E-state index in [4.69, 9.17) is 14.7 Å². The smallest absolute Gasteiger partial charge is 0.409 e. The fourth-order valence-electron chi connectivity index (χ4n) is 2.58. The summed E-state index contributed by atoms with van der Waals surface area (Å²) in [4.78, 5) is 13.7. The van der Waals surface area contributed by atoms with Crippen LogP contribution in [0.4, 0.5) is 4.79 Å². The molecule has 1 fully saturated rings. The summed E-state index contributed by atoms with van der Waals surface area (Å²) in [5, 5.41) is 9.09. The second-order valence-corrected chi connectivity index (χ2v) is 5.88. The first-order valence-electron chi connectivity index (χ1n) is 8.23. The number of carbonyl (C=O) groups is 1. The molecule has 0 radical (unpaired) electrons. The van der Waals surface area contributed by atoms with Gasteiger partial charge < -0.3 is 14.4 Å². The second kappa shape index (κ2) is 8.42. The van der Waals surface area contributed by atoms with Crippen molar-refractivity contribution >= 4 is 6.09 Å². The molecule has 5 nitrogen and oxygen atoms in total. The van der Waals surface area contributed by atoms with Crippen molar-refractivity contribution in [3.63, 3.8) is 0 Å². The Labute approximate surface area is 137 Å². The molecule has 0 spiro atoms. The number of nitriles is 1. The van der Waals surface area contributed by atoms with Gasteiger partial charge in [-0.2, -0.15) is 5.26 Å². The van der Waals surface area contributed by atoms with Crippen molar-refractivity contribution < 1.29 is 14.3 Å². The van der Waals surface area contributed by atoms with Crippen LogP contribution in [0, 0.1) is 18.3 Å². The Morgan fingerprint density at radius 2 is 2.30 bits per heavy atom. The summed E-state index contributed by atoms with van der Waals surface area (Å²) in [5.41, 5.74) is 1.55. The zero-order valence-corrected chi connectivity index (χ0v) is 13.9. The molecule has 1 unspecified atom stereocenters. The van der Waals surface area contributed by atoms with Crippen LogP contribution in [0.25, 0.3) is 0 Å². The minimum absolute atomic E-state index is 0.0586. The number of aryl methyl sites for hydroxylation is 1. The van der Waals surface area contributed by atoms with Crippen LogP contribution in [0.15, 0.2) is 18.2 Å². The Bertz CT molecular complexity index is 580. The van der Waals surface area contributed by atoms with Crippen LogP contribution in [-0.2, 0) is 4.74 Å². The average molecular weight is 316 g/mol. The summed E-state index contributed by atoms with van der Waals surface area (Å²) >= 11 is 0. The molecule has 1 saturated heterocycles. The average Bonchev–Trinajstić information content (AvgIpc) is 2.57. The predicted molar refractivity (Wildman–Crippen MR) is 87.4 cm³/mol. The van der Waals surface area contributed by atoms with Gasteiger partial charge in [0, 0.05) is 6.54 Å². The van der Waals surface area contributed by atoms with Gasteiger partial charge in [-0.15, -0.1) is 0 Å². The number of amides is 1. The van der Waals surface area contributed by atoms with E-state index in [9.17, 15) is 4.79 Å². The third-order valence-electron chi connectivity index (χ3n) is 3.99. The van der Waals surface area contributed by atoms with Crippen molar-refractivity contribution in [3.8, 4) is 11.8 Å². The van der Waals surface area contributed by atoms with E-state index in [1.807, 2.05) is 19.1 Å². The summed E-state index contributed by atoms with van der Waals surface area (Å²) in [7, 11) is 0. The van der Waals surface area contributed by atoms with Gasteiger partial charge in [-0.25, -0.2) is 4.79 Å². The molecule has 5 heteroatoms. The highest BCUT2D eigenvalue weighted by molar-refractivity contribution is 5.67. The highest BCUT2D eigenvalue weighted by Gasteiger charge is 2.25. The minimum Gasteiger partial charge on any atom is -0.489 e. The summed E-state index contributed by atoms with van der Waals surface area (Å²) in [6.07, 6.45) is 3.37. The van der Waals surface area contributed by atoms with Crippen molar-refractivity contribution in [1.82, 2.24) is 4.90 Å². The number of piperidine rings is 1. The van der Waals surface area contributed by atoms with Gasteiger partial charge in [-0.05, 0) is 43.9 Å². The molecular formula is C18H24N2O3. The van der Waals surface area contributed by atoms with Crippen LogP contribution in [0.2, 0.25) is 0 Å². The number of benzene rings is 1. The molecule has 2 rings (SSSR count). The summed E-state index contributed by atoms with van der Waals surface area (Å²) in [5.74, 6) is 0.679. The largest absolute Gasteiger partial charge is 0.489 e. The number of carbonyl (C=O) groups excluding carboxylic acids is 1. The molecule has 0 saturated carbocycles. The lowest BCUT2D eigenvalue weighted by Crippen LogP contribution is -2.44. The molecule has 1 aliphatic rings. The number of rotatable bonds is 5. The fourth-order valence-corrected chi connectivity index (χ4v) is 2.58. The molecular weight excluding hydrogens is 292 g/mol. The van der Waals surface area contributed by atoms with E-state index in [1.54, 1.807) is 11.0 Å². The molecule has 0 bridgehead atoms. The molecule has 1 aromatic carbocycles. The van der Waals surface area contributed by atoms with E-state index in [2.05, 4.69) is 13.0 Å². The van der Waals surface area contributed by atoms with Crippen molar-refractivity contribution in [2.45, 2.75) is 45.6 Å². The number of nitrogens with zero attached hydrogens (tertiary/aromatic N) is 2. The number of likely N-dealkylation sites (tertiary alicyclic amines) is 1. The molecule has 1 aromatic rings. The van der Waals surface area contributed by atoms with E-state index in [-0.39, 0.29) is 12.2 Å². The predicted octanol–water partition coefficient (Wildman–Crippen LogP) is 3.65. The van der Waals surface area contributed by atoms with Crippen molar-refractivity contribution in [1.29, 1.82) is 5.26 Å². The highest BCUT2D eigenvalue weighted by Crippen LogP contribution is 2.21. The lowest BCUT2D eigenvalue weighted by atomic mass is 10.1. The molecule has 1 amide bonds. The van der Waals surface area contributed by atoms with E-state index < -0.39 is 0 Å². The van der Waals surface area contributed by atoms with Crippen LogP contribution in [0.1, 0.15) is 43.7 Å². The first-order valence-corrected chi connectivity index (χ1v) is 8.23. The molecule has 1 heterocycles. The summed E-state index contributed by atoms with van der Waals surface area (Å²) in [6, 6.07) is 7.67. The van der Waals surface area contributed by atoms with Gasteiger partial charge in [0.15, 0.2) is 0 Å². The van der Waals surface area contributed by atoms with Crippen LogP contribution >= 0.6 is 0 Å². The molecule has 0 aromatic heterocycles. The van der Waals surface area contributed by atoms with Crippen LogP contribution in [0.5, 0.6) is 5.75 Å². The van der Waals surface area contributed by atoms with Gasteiger partial charge in [-0.3, -0.25) is 0 Å². The van der Waals surface area contributed by atoms with E-state index in [1.165, 1.54) is 0 Å². The van der Waals surface area contributed by atoms with E-state index >= 15 is 0 Å². The van der Waals surface area contributed by atoms with E-state index in [0.29, 0.717) is 31.0 Å². The minimum atomic E-state index is -0.256. The number of hydrogen-bond donors (Lipinski definition) is 0. The zero-order chi connectivity index (χ0) is 16.7. The normalized spacial score (nSPS) is 17.4. The van der Waals surface area contributed by atoms with Gasteiger partial charge in [0.2, 0.25) is 0 Å². The van der Waals surface area contributed by atoms with Gasteiger partial charge >= 0.3 is 6.09 Å². The second-order valence-electron chi connectivity index (χ2n) is 5.88. The Morgan fingerprint density at radius 3 is 3.04 bits per heavy atom. The maximum absolute atomic E-state index is 12.0. The highest BCUT2D eigenvalue weighted by atomic mass is 16.6. The maximum atomic E-state index is 12.0. The standard InChI is InChI=1S/C18H24N2O3/c1-3-4-10-22-18(21)20-9-5-6-17(13-20)23-16-8-7-14(2)15(11-16)12-19/h7-8,11,17H,3-6,9-10,13H2,1-2H3. The zero-order valence-electron chi connectivity index (χ0n) is 13.9. The fraction of sp³-hybridized carbons (Fsp3) is 0.556. The molecule has 1 atom stereocenters. The Kier molecular flexibility index (Phi) is 6.28. The van der Waals surface area contributed by atoms with Crippen molar-refractivity contribution in [3.05, 3.63) is 29.3 Å². The van der Waals surface area contributed by atoms with Crippen molar-refractivity contribution in [2.75, 3.05) is 19.7 Å². The van der Waals surface area contributed by atoms with Crippen LogP contribution < -0.4 is 4.74 Å². The van der Waals surface area contributed by atoms with Crippen LogP contribution in [0.3, 0.4) is 0 Å². The number of ether oxygens (including phenoxy) is 2. The third kappa shape index (κ3) is 4.88. The topological polar surface area (TPSA) is 62.6 Å². The van der Waals surface area contributed by atoms with Gasteiger partial charge in [0.25, 0.3) is 0 Å². The first-order chi connectivity index (χ1) is 11.1. The number of unbranched alkanes of at least 4 members (excludes halogenated alkanes) is 1. The molecule has 0 aliphatic carbocycles.